The van der Waals surface area contributed by atoms with E-state index in [4.69, 9.17) is 0 Å². The van der Waals surface area contributed by atoms with E-state index in [1.165, 1.54) is 11.1 Å². The van der Waals surface area contributed by atoms with E-state index >= 15 is 0 Å². The van der Waals surface area contributed by atoms with Gasteiger partial charge in [-0.05, 0) is 29.8 Å². The summed E-state index contributed by atoms with van der Waals surface area (Å²) < 4.78 is 0. The fourth-order valence-corrected chi connectivity index (χ4v) is 1.96. The van der Waals surface area contributed by atoms with Crippen LogP contribution in [0.25, 0.3) is 11.4 Å². The van der Waals surface area contributed by atoms with Crippen LogP contribution in [0, 0.1) is 6.92 Å². The average Bonchev–Trinajstić information content (AvgIpc) is 3.01. The van der Waals surface area contributed by atoms with Crippen molar-refractivity contribution in [2.24, 2.45) is 0 Å². The molecule has 3 aromatic rings. The first-order chi connectivity index (χ1) is 9.81. The summed E-state index contributed by atoms with van der Waals surface area (Å²) in [6.45, 7) is 2.88. The topological polar surface area (TPSA) is 66.5 Å². The van der Waals surface area contributed by atoms with Gasteiger partial charge in [-0.3, -0.25) is 0 Å². The van der Waals surface area contributed by atoms with E-state index in [1.54, 1.807) is 0 Å². The molecule has 5 nitrogen and oxygen atoms in total. The van der Waals surface area contributed by atoms with E-state index in [0.717, 1.165) is 17.8 Å². The van der Waals surface area contributed by atoms with Crippen molar-refractivity contribution in [2.75, 3.05) is 5.32 Å². The van der Waals surface area contributed by atoms with Crippen LogP contribution < -0.4 is 5.32 Å². The number of anilines is 1. The number of nitrogens with one attached hydrogen (secondary N) is 2. The van der Waals surface area contributed by atoms with Crippen molar-refractivity contribution in [3.05, 3.63) is 59.7 Å². The number of aromatic amines is 1. The highest BCUT2D eigenvalue weighted by Crippen LogP contribution is 2.18. The zero-order valence-electron chi connectivity index (χ0n) is 11.2. The monoisotopic (exact) mass is 265 g/mol. The molecule has 0 fully saturated rings. The third-order valence-corrected chi connectivity index (χ3v) is 3.08. The van der Waals surface area contributed by atoms with Gasteiger partial charge in [-0.2, -0.15) is 5.21 Å². The van der Waals surface area contributed by atoms with Gasteiger partial charge in [0.1, 0.15) is 0 Å². The summed E-state index contributed by atoms with van der Waals surface area (Å²) in [5.41, 5.74) is 4.49. The van der Waals surface area contributed by atoms with E-state index in [2.05, 4.69) is 57.1 Å². The van der Waals surface area contributed by atoms with Gasteiger partial charge in [0.2, 0.25) is 5.82 Å². The molecule has 0 atom stereocenters. The van der Waals surface area contributed by atoms with Crippen molar-refractivity contribution in [3.63, 3.8) is 0 Å². The van der Waals surface area contributed by atoms with Crippen LogP contribution in [0.5, 0.6) is 0 Å². The lowest BCUT2D eigenvalue weighted by Gasteiger charge is -2.07. The fourth-order valence-electron chi connectivity index (χ4n) is 1.96. The molecular weight excluding hydrogens is 250 g/mol. The Kier molecular flexibility index (Phi) is 3.41. The summed E-state index contributed by atoms with van der Waals surface area (Å²) in [7, 11) is 0. The molecule has 0 aliphatic heterocycles. The first-order valence-electron chi connectivity index (χ1n) is 6.44. The van der Waals surface area contributed by atoms with Gasteiger partial charge in [0.05, 0.1) is 0 Å². The quantitative estimate of drug-likeness (QED) is 0.761. The number of hydrogen-bond acceptors (Lipinski definition) is 4. The third-order valence-electron chi connectivity index (χ3n) is 3.08. The SMILES string of the molecule is Cc1ccc(CNc2cccc(-c3nn[nH]n3)c2)cc1. The van der Waals surface area contributed by atoms with Crippen molar-refractivity contribution in [1.82, 2.24) is 20.6 Å². The highest BCUT2D eigenvalue weighted by Gasteiger charge is 2.03. The predicted octanol–water partition coefficient (Wildman–Crippen LogP) is 2.79. The number of nitrogens with zero attached hydrogens (tertiary/aromatic N) is 3. The molecule has 1 heterocycles. The standard InChI is InChI=1S/C15H15N5/c1-11-5-7-12(8-6-11)10-16-14-4-2-3-13(9-14)15-17-19-20-18-15/h2-9,16H,10H2,1H3,(H,17,18,19,20). The van der Waals surface area contributed by atoms with Crippen molar-refractivity contribution >= 4 is 5.69 Å². The third kappa shape index (κ3) is 2.83. The molecule has 3 rings (SSSR count). The Morgan fingerprint density at radius 3 is 2.70 bits per heavy atom. The van der Waals surface area contributed by atoms with Crippen molar-refractivity contribution in [2.45, 2.75) is 13.5 Å². The zero-order valence-corrected chi connectivity index (χ0v) is 11.2. The Labute approximate surface area is 117 Å². The van der Waals surface area contributed by atoms with Gasteiger partial charge in [-0.15, -0.1) is 10.2 Å². The van der Waals surface area contributed by atoms with Crippen LogP contribution >= 0.6 is 0 Å². The first kappa shape index (κ1) is 12.3. The van der Waals surface area contributed by atoms with Gasteiger partial charge in [-0.25, -0.2) is 0 Å². The lowest BCUT2D eigenvalue weighted by molar-refractivity contribution is 0.881. The summed E-state index contributed by atoms with van der Waals surface area (Å²) in [5, 5.41) is 17.4. The largest absolute Gasteiger partial charge is 0.381 e. The van der Waals surface area contributed by atoms with Gasteiger partial charge in [0.15, 0.2) is 0 Å². The molecule has 2 N–H and O–H groups in total. The number of H-pyrrole nitrogens is 1. The zero-order chi connectivity index (χ0) is 13.8. The highest BCUT2D eigenvalue weighted by atomic mass is 15.5. The number of aryl methyl sites for hydroxylation is 1. The minimum atomic E-state index is 0.601. The molecule has 1 aromatic heterocycles. The van der Waals surface area contributed by atoms with E-state index < -0.39 is 0 Å². The molecule has 5 heteroatoms. The Balaban J connectivity index is 1.72. The minimum Gasteiger partial charge on any atom is -0.381 e. The fraction of sp³-hybridized carbons (Fsp3) is 0.133. The second kappa shape index (κ2) is 5.52. The summed E-state index contributed by atoms with van der Waals surface area (Å²) >= 11 is 0. The maximum absolute atomic E-state index is 3.98. The lowest BCUT2D eigenvalue weighted by atomic mass is 10.1. The number of benzene rings is 2. The van der Waals surface area contributed by atoms with Crippen LogP contribution in [0.4, 0.5) is 5.69 Å². The molecule has 0 amide bonds. The second-order valence-corrected chi connectivity index (χ2v) is 4.66. The minimum absolute atomic E-state index is 0.601. The van der Waals surface area contributed by atoms with E-state index in [1.807, 2.05) is 24.3 Å². The van der Waals surface area contributed by atoms with Crippen LogP contribution in [0.1, 0.15) is 11.1 Å². The molecule has 0 unspecified atom stereocenters. The van der Waals surface area contributed by atoms with E-state index in [-0.39, 0.29) is 0 Å². The number of hydrogen-bond donors (Lipinski definition) is 2. The molecule has 0 aliphatic carbocycles. The first-order valence-corrected chi connectivity index (χ1v) is 6.44. The normalized spacial score (nSPS) is 10.4. The predicted molar refractivity (Wildman–Crippen MR) is 78.1 cm³/mol. The second-order valence-electron chi connectivity index (χ2n) is 4.66. The molecule has 0 saturated carbocycles. The van der Waals surface area contributed by atoms with Crippen LogP contribution in [0.3, 0.4) is 0 Å². The van der Waals surface area contributed by atoms with E-state index in [0.29, 0.717) is 5.82 Å². The average molecular weight is 265 g/mol. The molecule has 0 saturated heterocycles. The molecule has 0 aliphatic rings. The Morgan fingerprint density at radius 1 is 1.10 bits per heavy atom. The van der Waals surface area contributed by atoms with Crippen LogP contribution in [-0.2, 0) is 6.54 Å². The summed E-state index contributed by atoms with van der Waals surface area (Å²) in [6.07, 6.45) is 0. The summed E-state index contributed by atoms with van der Waals surface area (Å²) in [5.74, 6) is 0.601. The number of aromatic nitrogens is 4. The Hall–Kier alpha value is -2.69. The van der Waals surface area contributed by atoms with Gasteiger partial charge in [0.25, 0.3) is 0 Å². The molecule has 2 aromatic carbocycles. The Morgan fingerprint density at radius 2 is 1.95 bits per heavy atom. The number of tetrazole rings is 1. The van der Waals surface area contributed by atoms with Gasteiger partial charge in [-0.1, -0.05) is 42.0 Å². The molecule has 0 spiro atoms. The smallest absolute Gasteiger partial charge is 0.204 e. The van der Waals surface area contributed by atoms with Crippen molar-refractivity contribution in [3.8, 4) is 11.4 Å². The maximum Gasteiger partial charge on any atom is 0.204 e. The molecule has 0 radical (unpaired) electrons. The van der Waals surface area contributed by atoms with Gasteiger partial charge >= 0.3 is 0 Å². The lowest BCUT2D eigenvalue weighted by Crippen LogP contribution is -1.99. The molecular formula is C15H15N5. The van der Waals surface area contributed by atoms with Crippen LogP contribution in [-0.4, -0.2) is 20.6 Å². The van der Waals surface area contributed by atoms with Gasteiger partial charge < -0.3 is 5.32 Å². The van der Waals surface area contributed by atoms with Crippen molar-refractivity contribution in [1.29, 1.82) is 0 Å². The molecule has 100 valence electrons. The molecule has 0 bridgehead atoms. The highest BCUT2D eigenvalue weighted by molar-refractivity contribution is 5.61. The van der Waals surface area contributed by atoms with Gasteiger partial charge in [0, 0.05) is 17.8 Å². The van der Waals surface area contributed by atoms with E-state index in [9.17, 15) is 0 Å². The van der Waals surface area contributed by atoms with Crippen molar-refractivity contribution < 1.29 is 0 Å². The summed E-state index contributed by atoms with van der Waals surface area (Å²) in [6, 6.07) is 16.5. The Bertz CT molecular complexity index is 674. The summed E-state index contributed by atoms with van der Waals surface area (Å²) in [4.78, 5) is 0. The number of rotatable bonds is 4. The van der Waals surface area contributed by atoms with Crippen LogP contribution in [0.15, 0.2) is 48.5 Å². The molecule has 20 heavy (non-hydrogen) atoms. The maximum atomic E-state index is 3.98. The van der Waals surface area contributed by atoms with Crippen LogP contribution in [0.2, 0.25) is 0 Å².